The Labute approximate surface area is 213 Å². The topological polar surface area (TPSA) is 61.9 Å². The van der Waals surface area contributed by atoms with Crippen LogP contribution in [0.15, 0.2) is 48.5 Å². The summed E-state index contributed by atoms with van der Waals surface area (Å²) in [4.78, 5) is 30.8. The van der Waals surface area contributed by atoms with Crippen LogP contribution < -0.4 is 5.32 Å². The summed E-state index contributed by atoms with van der Waals surface area (Å²) >= 11 is 7.27. The van der Waals surface area contributed by atoms with E-state index in [1.807, 2.05) is 37.3 Å². The van der Waals surface area contributed by atoms with Gasteiger partial charge < -0.3 is 10.1 Å². The Balaban J connectivity index is 1.37. The number of methoxy groups -OCH3 is 1. The fraction of sp³-hybridized carbons (Fsp3) is 0.308. The van der Waals surface area contributed by atoms with Crippen LogP contribution in [0, 0.1) is 12.7 Å². The number of piperazine rings is 1. The van der Waals surface area contributed by atoms with Gasteiger partial charge in [0.05, 0.1) is 18.7 Å². The van der Waals surface area contributed by atoms with Crippen molar-refractivity contribution < 1.29 is 18.7 Å². The van der Waals surface area contributed by atoms with Crippen LogP contribution in [0.3, 0.4) is 0 Å². The zero-order valence-electron chi connectivity index (χ0n) is 19.6. The van der Waals surface area contributed by atoms with Crippen molar-refractivity contribution in [3.05, 3.63) is 75.4 Å². The van der Waals surface area contributed by atoms with Crippen molar-refractivity contribution >= 4 is 39.8 Å². The number of amides is 1. The van der Waals surface area contributed by atoms with Crippen LogP contribution in [0.1, 0.15) is 20.8 Å². The summed E-state index contributed by atoms with van der Waals surface area (Å²) in [6, 6.07) is 14.4. The molecule has 6 nitrogen and oxygen atoms in total. The average Bonchev–Trinajstić information content (AvgIpc) is 3.17. The van der Waals surface area contributed by atoms with Gasteiger partial charge in [-0.1, -0.05) is 48.0 Å². The number of anilines is 1. The Hall–Kier alpha value is -2.78. The number of thiophene rings is 1. The Morgan fingerprint density at radius 1 is 1.09 bits per heavy atom. The summed E-state index contributed by atoms with van der Waals surface area (Å²) in [7, 11) is 1.34. The Morgan fingerprint density at radius 2 is 1.77 bits per heavy atom. The third-order valence-electron chi connectivity index (χ3n) is 6.01. The van der Waals surface area contributed by atoms with Crippen LogP contribution in [-0.2, 0) is 16.1 Å². The lowest BCUT2D eigenvalue weighted by Gasteiger charge is -2.34. The van der Waals surface area contributed by atoms with E-state index in [0.717, 1.165) is 47.7 Å². The highest BCUT2D eigenvalue weighted by molar-refractivity contribution is 7.17. The van der Waals surface area contributed by atoms with Crippen LogP contribution in [0.25, 0.3) is 11.1 Å². The number of halogens is 2. The molecule has 1 aliphatic rings. The molecule has 3 aromatic rings. The molecule has 2 aromatic carbocycles. The van der Waals surface area contributed by atoms with Gasteiger partial charge in [-0.25, -0.2) is 9.18 Å². The molecule has 9 heteroatoms. The van der Waals surface area contributed by atoms with Crippen molar-refractivity contribution in [3.8, 4) is 11.1 Å². The van der Waals surface area contributed by atoms with E-state index in [1.165, 1.54) is 24.5 Å². The van der Waals surface area contributed by atoms with Gasteiger partial charge in [0, 0.05) is 43.2 Å². The first-order valence-electron chi connectivity index (χ1n) is 11.3. The zero-order chi connectivity index (χ0) is 24.9. The molecule has 35 heavy (non-hydrogen) atoms. The van der Waals surface area contributed by atoms with Crippen molar-refractivity contribution in [2.24, 2.45) is 0 Å². The molecule has 4 rings (SSSR count). The second kappa shape index (κ2) is 11.3. The number of nitrogens with one attached hydrogen (secondary N) is 1. The Bertz CT molecular complexity index is 1210. The predicted octanol–water partition coefficient (Wildman–Crippen LogP) is 5.06. The number of carbonyl (C=O) groups excluding carboxylic acids is 2. The number of rotatable bonds is 7. The minimum atomic E-state index is -0.474. The molecule has 1 amide bonds. The van der Waals surface area contributed by atoms with Crippen LogP contribution >= 0.6 is 22.9 Å². The molecule has 184 valence electrons. The first-order valence-corrected chi connectivity index (χ1v) is 12.5. The molecular formula is C26H27ClFN3O3S. The molecule has 0 unspecified atom stereocenters. The van der Waals surface area contributed by atoms with E-state index in [-0.39, 0.29) is 17.5 Å². The summed E-state index contributed by atoms with van der Waals surface area (Å²) < 4.78 is 18.4. The average molecular weight is 516 g/mol. The molecule has 1 fully saturated rings. The van der Waals surface area contributed by atoms with Gasteiger partial charge in [0.2, 0.25) is 5.91 Å². The van der Waals surface area contributed by atoms with Crippen molar-refractivity contribution in [3.63, 3.8) is 0 Å². The van der Waals surface area contributed by atoms with Gasteiger partial charge in [-0.15, -0.1) is 11.3 Å². The summed E-state index contributed by atoms with van der Waals surface area (Å²) in [5, 5.41) is 3.57. The molecule has 0 atom stereocenters. The number of esters is 1. The molecule has 1 N–H and O–H groups in total. The van der Waals surface area contributed by atoms with Gasteiger partial charge in [-0.2, -0.15) is 0 Å². The third kappa shape index (κ3) is 6.08. The maximum Gasteiger partial charge on any atom is 0.341 e. The lowest BCUT2D eigenvalue weighted by molar-refractivity contribution is -0.117. The third-order valence-corrected chi connectivity index (χ3v) is 7.32. The SMILES string of the molecule is COC(=O)c1c(NC(=O)CN2CCN(Cc3ccc(F)c(Cl)c3)CC2)sc(C)c1-c1ccccc1. The van der Waals surface area contributed by atoms with Crippen molar-refractivity contribution in [1.82, 2.24) is 9.80 Å². The lowest BCUT2D eigenvalue weighted by atomic mass is 10.0. The highest BCUT2D eigenvalue weighted by Crippen LogP contribution is 2.40. The highest BCUT2D eigenvalue weighted by Gasteiger charge is 2.26. The quantitative estimate of drug-likeness (QED) is 0.446. The fourth-order valence-corrected chi connectivity index (χ4v) is 5.54. The number of nitrogens with zero attached hydrogens (tertiary/aromatic N) is 2. The summed E-state index contributed by atoms with van der Waals surface area (Å²) in [5.41, 5.74) is 3.03. The van der Waals surface area contributed by atoms with Gasteiger partial charge in [0.1, 0.15) is 16.4 Å². The van der Waals surface area contributed by atoms with E-state index in [9.17, 15) is 14.0 Å². The minimum absolute atomic E-state index is 0.128. The molecular weight excluding hydrogens is 489 g/mol. The highest BCUT2D eigenvalue weighted by atomic mass is 35.5. The van der Waals surface area contributed by atoms with E-state index >= 15 is 0 Å². The van der Waals surface area contributed by atoms with Crippen LogP contribution in [0.5, 0.6) is 0 Å². The number of benzene rings is 2. The fourth-order valence-electron chi connectivity index (χ4n) is 4.25. The van der Waals surface area contributed by atoms with Gasteiger partial charge in [0.25, 0.3) is 0 Å². The zero-order valence-corrected chi connectivity index (χ0v) is 21.2. The summed E-state index contributed by atoms with van der Waals surface area (Å²) in [6.07, 6.45) is 0. The molecule has 0 saturated carbocycles. The normalized spacial score (nSPS) is 14.6. The first kappa shape index (κ1) is 25.3. The lowest BCUT2D eigenvalue weighted by Crippen LogP contribution is -2.48. The second-order valence-corrected chi connectivity index (χ2v) is 10.1. The Kier molecular flexibility index (Phi) is 8.18. The maximum atomic E-state index is 13.4. The van der Waals surface area contributed by atoms with E-state index in [1.54, 1.807) is 12.1 Å². The summed E-state index contributed by atoms with van der Waals surface area (Å²) in [6.45, 7) is 5.87. The molecule has 1 aromatic heterocycles. The number of ether oxygens (including phenoxy) is 1. The van der Waals surface area contributed by atoms with Gasteiger partial charge >= 0.3 is 5.97 Å². The van der Waals surface area contributed by atoms with Crippen LogP contribution in [0.2, 0.25) is 5.02 Å². The van der Waals surface area contributed by atoms with Gasteiger partial charge in [-0.3, -0.25) is 14.6 Å². The number of aryl methyl sites for hydroxylation is 1. The first-order chi connectivity index (χ1) is 16.9. The standard InChI is InChI=1S/C26H27ClFN3O3S/c1-17-23(19-6-4-3-5-7-19)24(26(33)34-2)25(35-17)29-22(32)16-31-12-10-30(11-13-31)15-18-8-9-21(28)20(27)14-18/h3-9,14H,10-13,15-16H2,1-2H3,(H,29,32). The monoisotopic (exact) mass is 515 g/mol. The number of hydrogen-bond donors (Lipinski definition) is 1. The van der Waals surface area contributed by atoms with Crippen molar-refractivity contribution in [2.75, 3.05) is 45.2 Å². The van der Waals surface area contributed by atoms with E-state index in [4.69, 9.17) is 16.3 Å². The molecule has 0 aliphatic carbocycles. The van der Waals surface area contributed by atoms with E-state index in [0.29, 0.717) is 17.1 Å². The molecule has 2 heterocycles. The molecule has 0 spiro atoms. The summed E-state index contributed by atoms with van der Waals surface area (Å²) in [5.74, 6) is -1.06. The van der Waals surface area contributed by atoms with Gasteiger partial charge in [-0.05, 0) is 30.2 Å². The molecule has 1 aliphatic heterocycles. The van der Waals surface area contributed by atoms with Crippen LogP contribution in [0.4, 0.5) is 9.39 Å². The second-order valence-electron chi connectivity index (χ2n) is 8.44. The van der Waals surface area contributed by atoms with Crippen molar-refractivity contribution in [1.29, 1.82) is 0 Å². The van der Waals surface area contributed by atoms with E-state index in [2.05, 4.69) is 15.1 Å². The number of carbonyl (C=O) groups is 2. The molecule has 1 saturated heterocycles. The Morgan fingerprint density at radius 3 is 2.43 bits per heavy atom. The van der Waals surface area contributed by atoms with Crippen LogP contribution in [-0.4, -0.2) is 61.5 Å². The molecule has 0 radical (unpaired) electrons. The maximum absolute atomic E-state index is 13.4. The largest absolute Gasteiger partial charge is 0.465 e. The molecule has 0 bridgehead atoms. The smallest absolute Gasteiger partial charge is 0.341 e. The minimum Gasteiger partial charge on any atom is -0.465 e. The number of hydrogen-bond acceptors (Lipinski definition) is 6. The predicted molar refractivity (Wildman–Crippen MR) is 138 cm³/mol. The van der Waals surface area contributed by atoms with E-state index < -0.39 is 11.8 Å². The van der Waals surface area contributed by atoms with Crippen molar-refractivity contribution in [2.45, 2.75) is 13.5 Å². The van der Waals surface area contributed by atoms with Gasteiger partial charge in [0.15, 0.2) is 0 Å².